The van der Waals surface area contributed by atoms with E-state index in [0.717, 1.165) is 38.1 Å². The highest BCUT2D eigenvalue weighted by Gasteiger charge is 2.25. The lowest BCUT2D eigenvalue weighted by Crippen LogP contribution is -2.36. The molecule has 0 aliphatic heterocycles. The van der Waals surface area contributed by atoms with Crippen LogP contribution in [0.2, 0.25) is 51.4 Å². The molecule has 0 aliphatic carbocycles. The fourth-order valence-corrected chi connectivity index (χ4v) is 5.79. The van der Waals surface area contributed by atoms with Crippen molar-refractivity contribution in [3.8, 4) is 0 Å². The van der Waals surface area contributed by atoms with Gasteiger partial charge in [0.1, 0.15) is 0 Å². The number of rotatable bonds is 10. The summed E-state index contributed by atoms with van der Waals surface area (Å²) >= 11 is 12.6. The van der Waals surface area contributed by atoms with Crippen LogP contribution < -0.4 is 0 Å². The molecule has 2 nitrogen and oxygen atoms in total. The van der Waals surface area contributed by atoms with E-state index < -0.39 is 23.3 Å². The van der Waals surface area contributed by atoms with Gasteiger partial charge in [0.15, 0.2) is 14.8 Å². The van der Waals surface area contributed by atoms with Crippen LogP contribution in [0.25, 0.3) is 0 Å². The molecule has 0 fully saturated rings. The van der Waals surface area contributed by atoms with Crippen LogP contribution in [-0.4, -0.2) is 36.5 Å². The Morgan fingerprint density at radius 2 is 1.00 bits per heavy atom. The molecule has 0 bridgehead atoms. The van der Waals surface area contributed by atoms with Crippen molar-refractivity contribution in [1.82, 2.24) is 0 Å². The quantitative estimate of drug-likeness (QED) is 0.295. The van der Waals surface area contributed by atoms with Gasteiger partial charge in [-0.2, -0.15) is 22.2 Å². The first-order valence-electron chi connectivity index (χ1n) is 7.07. The summed E-state index contributed by atoms with van der Waals surface area (Å²) in [6.45, 7) is 14.5. The highest BCUT2D eigenvalue weighted by molar-refractivity contribution is 7.19. The van der Waals surface area contributed by atoms with E-state index in [1.54, 1.807) is 0 Å². The van der Waals surface area contributed by atoms with Gasteiger partial charge in [0.05, 0.1) is 0 Å². The molecule has 0 saturated heterocycles. The molecular weight excluding hydrogens is 331 g/mol. The van der Waals surface area contributed by atoms with E-state index in [1.807, 2.05) is 0 Å². The Kier molecular flexibility index (Phi) is 9.08. The summed E-state index contributed by atoms with van der Waals surface area (Å²) in [5.74, 6) is 0. The second-order valence-electron chi connectivity index (χ2n) is 6.74. The molecule has 0 heterocycles. The van der Waals surface area contributed by atoms with E-state index in [0.29, 0.717) is 0 Å². The zero-order valence-corrected chi connectivity index (χ0v) is 17.8. The Hall–Kier alpha value is 1.15. The van der Waals surface area contributed by atoms with Gasteiger partial charge in [0.25, 0.3) is 0 Å². The smallest absolute Gasteiger partial charge is 0.331 e. The first kappa shape index (κ1) is 20.2. The molecule has 116 valence electrons. The van der Waals surface area contributed by atoms with Crippen LogP contribution >= 0.6 is 22.2 Å². The molecule has 0 aromatic rings. The average molecular weight is 362 g/mol. The van der Waals surface area contributed by atoms with Gasteiger partial charge < -0.3 is 8.85 Å². The van der Waals surface area contributed by atoms with Crippen molar-refractivity contribution in [2.45, 2.75) is 64.2 Å². The highest BCUT2D eigenvalue weighted by Crippen LogP contribution is 2.19. The maximum Gasteiger partial charge on any atom is 0.331 e. The Morgan fingerprint density at radius 3 is 1.26 bits per heavy atom. The van der Waals surface area contributed by atoms with Crippen molar-refractivity contribution in [3.63, 3.8) is 0 Å². The van der Waals surface area contributed by atoms with Crippen LogP contribution in [0.15, 0.2) is 0 Å². The van der Waals surface area contributed by atoms with Crippen LogP contribution in [0.1, 0.15) is 12.8 Å². The molecular formula is C12H30Cl2O2Si3. The summed E-state index contributed by atoms with van der Waals surface area (Å²) in [7, 11) is -4.85. The van der Waals surface area contributed by atoms with E-state index in [1.165, 1.54) is 0 Å². The van der Waals surface area contributed by atoms with E-state index >= 15 is 0 Å². The molecule has 0 aliphatic rings. The predicted octanol–water partition coefficient (Wildman–Crippen LogP) is 5.39. The van der Waals surface area contributed by atoms with E-state index in [4.69, 9.17) is 31.0 Å². The molecule has 0 aromatic heterocycles. The van der Waals surface area contributed by atoms with Crippen molar-refractivity contribution in [3.05, 3.63) is 0 Å². The average Bonchev–Trinajstić information content (AvgIpc) is 2.17. The SMILES string of the molecule is C[Si](C)(Cl)CCCO[Si](C)(C)OCCC[Si](C)(C)Cl. The minimum absolute atomic E-state index is 0.776. The normalized spacial score (nSPS) is 13.9. The van der Waals surface area contributed by atoms with Crippen molar-refractivity contribution in [2.75, 3.05) is 13.2 Å². The lowest BCUT2D eigenvalue weighted by atomic mass is 10.5. The lowest BCUT2D eigenvalue weighted by Gasteiger charge is -2.24. The monoisotopic (exact) mass is 360 g/mol. The van der Waals surface area contributed by atoms with Crippen LogP contribution in [-0.2, 0) is 8.85 Å². The minimum Gasteiger partial charge on any atom is -0.395 e. The highest BCUT2D eigenvalue weighted by atomic mass is 35.6. The Labute approximate surface area is 131 Å². The lowest BCUT2D eigenvalue weighted by molar-refractivity contribution is 0.179. The van der Waals surface area contributed by atoms with Crippen LogP contribution in [0, 0.1) is 0 Å². The van der Waals surface area contributed by atoms with Crippen LogP contribution in [0.3, 0.4) is 0 Å². The maximum atomic E-state index is 6.28. The summed E-state index contributed by atoms with van der Waals surface area (Å²) in [5.41, 5.74) is 0. The summed E-state index contributed by atoms with van der Waals surface area (Å²) < 4.78 is 11.8. The van der Waals surface area contributed by atoms with Crippen molar-refractivity contribution in [2.24, 2.45) is 0 Å². The molecule has 19 heavy (non-hydrogen) atoms. The Balaban J connectivity index is 3.69. The summed E-state index contributed by atoms with van der Waals surface area (Å²) in [4.78, 5) is 0. The van der Waals surface area contributed by atoms with E-state index in [-0.39, 0.29) is 0 Å². The van der Waals surface area contributed by atoms with Crippen molar-refractivity contribution >= 4 is 45.5 Å². The number of hydrogen-bond donors (Lipinski definition) is 0. The molecule has 0 aromatic carbocycles. The van der Waals surface area contributed by atoms with E-state index in [9.17, 15) is 0 Å². The van der Waals surface area contributed by atoms with Crippen molar-refractivity contribution < 1.29 is 8.85 Å². The van der Waals surface area contributed by atoms with Crippen LogP contribution in [0.5, 0.6) is 0 Å². The fourth-order valence-electron chi connectivity index (χ4n) is 1.66. The molecule has 0 rings (SSSR count). The van der Waals surface area contributed by atoms with Gasteiger partial charge in [-0.3, -0.25) is 0 Å². The summed E-state index contributed by atoms with van der Waals surface area (Å²) in [5, 5.41) is 0. The molecule has 0 saturated carbocycles. The van der Waals surface area contributed by atoms with Gasteiger partial charge in [-0.15, -0.1) is 0 Å². The van der Waals surface area contributed by atoms with Gasteiger partial charge >= 0.3 is 8.56 Å². The third-order valence-corrected chi connectivity index (χ3v) is 8.75. The first-order chi connectivity index (χ1) is 8.41. The molecule has 0 unspecified atom stereocenters. The maximum absolute atomic E-state index is 6.28. The van der Waals surface area contributed by atoms with Gasteiger partial charge in [-0.25, -0.2) is 0 Å². The number of halogens is 2. The fraction of sp³-hybridized carbons (Fsp3) is 1.00. The second-order valence-corrected chi connectivity index (χ2v) is 24.1. The summed E-state index contributed by atoms with van der Waals surface area (Å²) in [6.07, 6.45) is 2.09. The Bertz CT molecular complexity index is 226. The van der Waals surface area contributed by atoms with E-state index in [2.05, 4.69) is 39.3 Å². The minimum atomic E-state index is -1.95. The molecule has 0 spiro atoms. The molecule has 0 radical (unpaired) electrons. The molecule has 7 heteroatoms. The van der Waals surface area contributed by atoms with Gasteiger partial charge in [0, 0.05) is 13.2 Å². The predicted molar refractivity (Wildman–Crippen MR) is 94.9 cm³/mol. The molecule has 0 atom stereocenters. The largest absolute Gasteiger partial charge is 0.395 e. The first-order valence-corrected chi connectivity index (χ1v) is 18.3. The zero-order valence-electron chi connectivity index (χ0n) is 13.3. The number of hydrogen-bond acceptors (Lipinski definition) is 2. The molecule has 0 N–H and O–H groups in total. The van der Waals surface area contributed by atoms with Gasteiger partial charge in [-0.1, -0.05) is 26.2 Å². The summed E-state index contributed by atoms with van der Waals surface area (Å²) in [6, 6.07) is 2.20. The third-order valence-electron chi connectivity index (χ3n) is 2.73. The van der Waals surface area contributed by atoms with Gasteiger partial charge in [0.2, 0.25) is 0 Å². The second kappa shape index (κ2) is 8.56. The zero-order chi connectivity index (χ0) is 15.2. The molecule has 0 amide bonds. The van der Waals surface area contributed by atoms with Crippen LogP contribution in [0.4, 0.5) is 0 Å². The van der Waals surface area contributed by atoms with Crippen molar-refractivity contribution in [1.29, 1.82) is 0 Å². The topological polar surface area (TPSA) is 18.5 Å². The standard InChI is InChI=1S/C12H30Cl2O2Si3/c1-17(2,13)11-7-9-15-19(5,6)16-10-8-12-18(3,4)14/h7-12H2,1-6H3. The van der Waals surface area contributed by atoms with Gasteiger partial charge in [-0.05, 0) is 38.0 Å². The Morgan fingerprint density at radius 1 is 0.684 bits per heavy atom. The third kappa shape index (κ3) is 15.4.